The molecule has 0 saturated heterocycles. The molecule has 1 atom stereocenters. The molecule has 0 saturated carbocycles. The number of H-pyrrole nitrogens is 1. The highest BCUT2D eigenvalue weighted by atomic mass is 32.1. The summed E-state index contributed by atoms with van der Waals surface area (Å²) < 4.78 is 13.3. The molecule has 5 aromatic rings. The number of nitrogens with one attached hydrogen (secondary N) is 2. The summed E-state index contributed by atoms with van der Waals surface area (Å²) in [4.78, 5) is 36.7. The van der Waals surface area contributed by atoms with Crippen LogP contribution in [0, 0.1) is 6.92 Å². The maximum absolute atomic E-state index is 14.2. The summed E-state index contributed by atoms with van der Waals surface area (Å²) in [6.07, 6.45) is 1.91. The molecular formula is C32H28N4O4S. The van der Waals surface area contributed by atoms with Gasteiger partial charge in [-0.1, -0.05) is 47.7 Å². The van der Waals surface area contributed by atoms with Crippen LogP contribution in [0.1, 0.15) is 29.8 Å². The van der Waals surface area contributed by atoms with Crippen LogP contribution < -0.4 is 29.7 Å². The number of benzene rings is 3. The zero-order chi connectivity index (χ0) is 28.7. The summed E-state index contributed by atoms with van der Waals surface area (Å²) in [5, 5.41) is 4.01. The van der Waals surface area contributed by atoms with E-state index in [2.05, 4.69) is 10.3 Å². The summed E-state index contributed by atoms with van der Waals surface area (Å²) in [7, 11) is 3.13. The molecule has 3 aromatic carbocycles. The van der Waals surface area contributed by atoms with E-state index in [0.29, 0.717) is 43.4 Å². The Kier molecular flexibility index (Phi) is 6.80. The molecule has 0 fully saturated rings. The Labute approximate surface area is 239 Å². The lowest BCUT2D eigenvalue weighted by Crippen LogP contribution is -2.40. The molecule has 41 heavy (non-hydrogen) atoms. The number of allylic oxidation sites excluding steroid dienone is 1. The molecule has 1 aliphatic rings. The highest BCUT2D eigenvalue weighted by Crippen LogP contribution is 2.37. The van der Waals surface area contributed by atoms with Crippen molar-refractivity contribution in [3.63, 3.8) is 0 Å². The first-order valence-corrected chi connectivity index (χ1v) is 13.9. The number of ether oxygens (including phenoxy) is 2. The van der Waals surface area contributed by atoms with Gasteiger partial charge in [-0.15, -0.1) is 0 Å². The normalized spacial score (nSPS) is 15.0. The SMILES string of the molecule is COc1ccc([C@H]2C(C(=O)Nc3ccccc3)=C(C)N=c3s/c(=C\c4c(C)[nH]c5ccccc45)c(=O)n32)c(OC)c1. The number of nitrogens with zero attached hydrogens (tertiary/aromatic N) is 2. The number of hydrogen-bond donors (Lipinski definition) is 2. The molecule has 0 aliphatic carbocycles. The van der Waals surface area contributed by atoms with Gasteiger partial charge >= 0.3 is 0 Å². The lowest BCUT2D eigenvalue weighted by atomic mass is 9.94. The van der Waals surface area contributed by atoms with Crippen molar-refractivity contribution in [3.05, 3.63) is 121 Å². The van der Waals surface area contributed by atoms with Crippen molar-refractivity contribution in [2.45, 2.75) is 19.9 Å². The summed E-state index contributed by atoms with van der Waals surface area (Å²) in [6.45, 7) is 3.79. The van der Waals surface area contributed by atoms with Crippen LogP contribution in [0.15, 0.2) is 93.9 Å². The lowest BCUT2D eigenvalue weighted by Gasteiger charge is -2.26. The van der Waals surface area contributed by atoms with E-state index >= 15 is 0 Å². The predicted molar refractivity (Wildman–Crippen MR) is 161 cm³/mol. The van der Waals surface area contributed by atoms with Gasteiger partial charge < -0.3 is 19.8 Å². The Hall–Kier alpha value is -4.89. The number of anilines is 1. The molecule has 206 valence electrons. The molecule has 0 radical (unpaired) electrons. The Morgan fingerprint density at radius 3 is 2.54 bits per heavy atom. The third kappa shape index (κ3) is 4.64. The lowest BCUT2D eigenvalue weighted by molar-refractivity contribution is -0.113. The summed E-state index contributed by atoms with van der Waals surface area (Å²) >= 11 is 1.30. The smallest absolute Gasteiger partial charge is 0.271 e. The maximum Gasteiger partial charge on any atom is 0.271 e. The molecule has 1 amide bonds. The van der Waals surface area contributed by atoms with Crippen LogP contribution in [0.3, 0.4) is 0 Å². The minimum Gasteiger partial charge on any atom is -0.497 e. The number of methoxy groups -OCH3 is 2. The van der Waals surface area contributed by atoms with Crippen LogP contribution >= 0.6 is 11.3 Å². The topological polar surface area (TPSA) is 97.7 Å². The second-order valence-corrected chi connectivity index (χ2v) is 10.7. The quantitative estimate of drug-likeness (QED) is 0.313. The first kappa shape index (κ1) is 26.3. The van der Waals surface area contributed by atoms with Gasteiger partial charge in [-0.05, 0) is 50.3 Å². The largest absolute Gasteiger partial charge is 0.497 e. The average molecular weight is 565 g/mol. The van der Waals surface area contributed by atoms with E-state index in [9.17, 15) is 9.59 Å². The molecule has 2 N–H and O–H groups in total. The van der Waals surface area contributed by atoms with E-state index in [1.807, 2.05) is 73.7 Å². The maximum atomic E-state index is 14.2. The van der Waals surface area contributed by atoms with Crippen molar-refractivity contribution in [1.29, 1.82) is 0 Å². The summed E-state index contributed by atoms with van der Waals surface area (Å²) in [6, 6.07) is 21.8. The third-order valence-electron chi connectivity index (χ3n) is 7.25. The molecule has 8 nitrogen and oxygen atoms in total. The number of thiazole rings is 1. The van der Waals surface area contributed by atoms with Gasteiger partial charge in [0.15, 0.2) is 4.80 Å². The highest BCUT2D eigenvalue weighted by molar-refractivity contribution is 7.07. The number of carbonyl (C=O) groups excluding carboxylic acids is 1. The van der Waals surface area contributed by atoms with Gasteiger partial charge in [0.05, 0.1) is 30.0 Å². The molecule has 1 aliphatic heterocycles. The number of aromatic nitrogens is 2. The van der Waals surface area contributed by atoms with Gasteiger partial charge in [0, 0.05) is 39.5 Å². The van der Waals surface area contributed by atoms with E-state index in [4.69, 9.17) is 14.5 Å². The first-order chi connectivity index (χ1) is 19.9. The number of amides is 1. The van der Waals surface area contributed by atoms with E-state index in [1.54, 1.807) is 37.8 Å². The zero-order valence-electron chi connectivity index (χ0n) is 23.0. The minimum absolute atomic E-state index is 0.237. The van der Waals surface area contributed by atoms with Crippen LogP contribution in [-0.2, 0) is 4.79 Å². The Morgan fingerprint density at radius 2 is 1.78 bits per heavy atom. The molecule has 2 aromatic heterocycles. The van der Waals surface area contributed by atoms with Crippen LogP contribution in [-0.4, -0.2) is 29.7 Å². The number of aromatic amines is 1. The number of rotatable bonds is 6. The summed E-state index contributed by atoms with van der Waals surface area (Å²) in [5.74, 6) is 0.752. The van der Waals surface area contributed by atoms with Crippen LogP contribution in [0.4, 0.5) is 5.69 Å². The molecule has 6 rings (SSSR count). The second-order valence-electron chi connectivity index (χ2n) is 9.72. The molecular weight excluding hydrogens is 536 g/mol. The van der Waals surface area contributed by atoms with Gasteiger partial charge in [0.2, 0.25) is 0 Å². The monoisotopic (exact) mass is 564 g/mol. The number of para-hydroxylation sites is 2. The number of fused-ring (bicyclic) bond motifs is 2. The van der Waals surface area contributed by atoms with Crippen molar-refractivity contribution in [2.24, 2.45) is 4.99 Å². The van der Waals surface area contributed by atoms with Crippen LogP contribution in [0.25, 0.3) is 17.0 Å². The minimum atomic E-state index is -0.776. The Balaban J connectivity index is 1.57. The molecule has 0 spiro atoms. The van der Waals surface area contributed by atoms with Crippen LogP contribution in [0.2, 0.25) is 0 Å². The Bertz CT molecular complexity index is 2020. The van der Waals surface area contributed by atoms with Crippen molar-refractivity contribution in [2.75, 3.05) is 19.5 Å². The average Bonchev–Trinajstić information content (AvgIpc) is 3.47. The third-order valence-corrected chi connectivity index (χ3v) is 8.23. The van der Waals surface area contributed by atoms with E-state index in [0.717, 1.165) is 22.2 Å². The molecule has 0 bridgehead atoms. The molecule has 9 heteroatoms. The van der Waals surface area contributed by atoms with Crippen molar-refractivity contribution < 1.29 is 14.3 Å². The standard InChI is InChI=1S/C32H28N4O4S/c1-18-24(22-12-8-9-13-25(22)33-18)17-27-31(38)36-29(23-15-14-21(39-3)16-26(23)40-4)28(19(2)34-32(36)41-27)30(37)35-20-10-6-5-7-11-20/h5-17,29,33H,1-4H3,(H,35,37)/b27-17-/t29-/m0/s1. The van der Waals surface area contributed by atoms with Gasteiger partial charge in [-0.2, -0.15) is 0 Å². The van der Waals surface area contributed by atoms with Gasteiger partial charge in [-0.3, -0.25) is 14.2 Å². The number of hydrogen-bond acceptors (Lipinski definition) is 6. The zero-order valence-corrected chi connectivity index (χ0v) is 23.8. The van der Waals surface area contributed by atoms with E-state index in [1.165, 1.54) is 11.3 Å². The highest BCUT2D eigenvalue weighted by Gasteiger charge is 2.34. The fourth-order valence-electron chi connectivity index (χ4n) is 5.29. The summed E-state index contributed by atoms with van der Waals surface area (Å²) in [5.41, 5.74) is 4.85. The van der Waals surface area contributed by atoms with Gasteiger partial charge in [0.25, 0.3) is 11.5 Å². The van der Waals surface area contributed by atoms with Crippen molar-refractivity contribution in [1.82, 2.24) is 9.55 Å². The fourth-order valence-corrected chi connectivity index (χ4v) is 6.31. The molecule has 0 unspecified atom stereocenters. The van der Waals surface area contributed by atoms with Gasteiger partial charge in [0.1, 0.15) is 17.5 Å². The van der Waals surface area contributed by atoms with E-state index < -0.39 is 6.04 Å². The Morgan fingerprint density at radius 1 is 1.02 bits per heavy atom. The first-order valence-electron chi connectivity index (χ1n) is 13.1. The predicted octanol–water partition coefficient (Wildman–Crippen LogP) is 4.68. The van der Waals surface area contributed by atoms with Crippen LogP contribution in [0.5, 0.6) is 11.5 Å². The van der Waals surface area contributed by atoms with Crippen molar-refractivity contribution in [3.8, 4) is 11.5 Å². The second kappa shape index (κ2) is 10.6. The number of carbonyl (C=O) groups is 1. The van der Waals surface area contributed by atoms with Crippen molar-refractivity contribution >= 4 is 39.9 Å². The van der Waals surface area contributed by atoms with Gasteiger partial charge in [-0.25, -0.2) is 4.99 Å². The molecule has 3 heterocycles. The number of aryl methyl sites for hydroxylation is 1. The van der Waals surface area contributed by atoms with E-state index in [-0.39, 0.29) is 11.5 Å². The fraction of sp³-hybridized carbons (Fsp3) is 0.156.